The fourth-order valence-electron chi connectivity index (χ4n) is 3.20. The first kappa shape index (κ1) is 14.7. The van der Waals surface area contributed by atoms with Crippen molar-refractivity contribution in [3.8, 4) is 10.4 Å². The minimum Gasteiger partial charge on any atom is -0.469 e. The Hall–Kier alpha value is -1.91. The average Bonchev–Trinajstić information content (AvgIpc) is 3.22. The third-order valence-electron chi connectivity index (χ3n) is 4.38. The SMILES string of the molecule is Fc1ccccc1-c1ccc(CNC2CCCc3occc32)s1. The molecule has 23 heavy (non-hydrogen) atoms. The molecule has 118 valence electrons. The number of fused-ring (bicyclic) bond motifs is 1. The van der Waals surface area contributed by atoms with Crippen LogP contribution in [0.1, 0.15) is 35.1 Å². The molecule has 2 nitrogen and oxygen atoms in total. The van der Waals surface area contributed by atoms with Gasteiger partial charge in [0, 0.05) is 39.9 Å². The molecule has 0 radical (unpaired) electrons. The molecule has 0 fully saturated rings. The summed E-state index contributed by atoms with van der Waals surface area (Å²) in [5, 5.41) is 3.62. The Morgan fingerprint density at radius 3 is 3.00 bits per heavy atom. The van der Waals surface area contributed by atoms with Gasteiger partial charge in [0.15, 0.2) is 0 Å². The summed E-state index contributed by atoms with van der Waals surface area (Å²) in [5.74, 6) is 0.955. The van der Waals surface area contributed by atoms with E-state index in [0.717, 1.165) is 36.4 Å². The lowest BCUT2D eigenvalue weighted by atomic mass is 9.93. The zero-order valence-corrected chi connectivity index (χ0v) is 13.5. The molecule has 0 saturated heterocycles. The lowest BCUT2D eigenvalue weighted by molar-refractivity contribution is 0.412. The van der Waals surface area contributed by atoms with Crippen LogP contribution >= 0.6 is 11.3 Å². The molecular weight excluding hydrogens is 309 g/mol. The van der Waals surface area contributed by atoms with E-state index in [-0.39, 0.29) is 5.82 Å². The van der Waals surface area contributed by atoms with Gasteiger partial charge in [0.1, 0.15) is 11.6 Å². The molecule has 4 heteroatoms. The van der Waals surface area contributed by atoms with Crippen molar-refractivity contribution in [1.29, 1.82) is 0 Å². The predicted molar refractivity (Wildman–Crippen MR) is 90.9 cm³/mol. The van der Waals surface area contributed by atoms with Crippen LogP contribution in [0.2, 0.25) is 0 Å². The number of hydrogen-bond donors (Lipinski definition) is 1. The lowest BCUT2D eigenvalue weighted by Gasteiger charge is -2.22. The highest BCUT2D eigenvalue weighted by atomic mass is 32.1. The Morgan fingerprint density at radius 1 is 1.17 bits per heavy atom. The van der Waals surface area contributed by atoms with Crippen molar-refractivity contribution in [3.05, 3.63) is 70.7 Å². The van der Waals surface area contributed by atoms with Crippen molar-refractivity contribution >= 4 is 11.3 Å². The highest BCUT2D eigenvalue weighted by Gasteiger charge is 2.22. The van der Waals surface area contributed by atoms with E-state index in [4.69, 9.17) is 4.42 Å². The van der Waals surface area contributed by atoms with Gasteiger partial charge in [-0.25, -0.2) is 4.39 Å². The zero-order valence-electron chi connectivity index (χ0n) is 12.7. The zero-order chi connectivity index (χ0) is 15.6. The summed E-state index contributed by atoms with van der Waals surface area (Å²) in [4.78, 5) is 2.20. The second-order valence-corrected chi connectivity index (χ2v) is 7.04. The molecule has 0 spiro atoms. The summed E-state index contributed by atoms with van der Waals surface area (Å²) in [7, 11) is 0. The molecule has 3 aromatic rings. The predicted octanol–water partition coefficient (Wildman–Crippen LogP) is 5.31. The number of furan rings is 1. The van der Waals surface area contributed by atoms with Crippen LogP contribution in [0, 0.1) is 5.82 Å². The molecular formula is C19H18FNOS. The summed E-state index contributed by atoms with van der Waals surface area (Å²) < 4.78 is 19.4. The van der Waals surface area contributed by atoms with Gasteiger partial charge in [-0.3, -0.25) is 0 Å². The monoisotopic (exact) mass is 327 g/mol. The standard InChI is InChI=1S/C19H18FNOS/c20-16-5-2-1-4-14(16)19-9-8-13(23-19)12-21-17-6-3-7-18-15(17)10-11-22-18/h1-2,4-5,8-11,17,21H,3,6-7,12H2. The van der Waals surface area contributed by atoms with E-state index in [0.29, 0.717) is 11.6 Å². The Bertz CT molecular complexity index is 807. The smallest absolute Gasteiger partial charge is 0.131 e. The van der Waals surface area contributed by atoms with E-state index in [1.807, 2.05) is 18.2 Å². The Kier molecular flexibility index (Phi) is 4.02. The number of benzene rings is 1. The van der Waals surface area contributed by atoms with Crippen molar-refractivity contribution in [2.45, 2.75) is 31.8 Å². The van der Waals surface area contributed by atoms with Crippen LogP contribution < -0.4 is 5.32 Å². The number of rotatable bonds is 4. The quantitative estimate of drug-likeness (QED) is 0.702. The van der Waals surface area contributed by atoms with Gasteiger partial charge in [0.2, 0.25) is 0 Å². The Balaban J connectivity index is 1.46. The molecule has 1 aliphatic carbocycles. The Morgan fingerprint density at radius 2 is 2.09 bits per heavy atom. The van der Waals surface area contributed by atoms with E-state index >= 15 is 0 Å². The van der Waals surface area contributed by atoms with Gasteiger partial charge in [-0.2, -0.15) is 0 Å². The molecule has 1 aliphatic rings. The van der Waals surface area contributed by atoms with Crippen LogP contribution in [0.4, 0.5) is 4.39 Å². The Labute approximate surface area is 139 Å². The third-order valence-corrected chi connectivity index (χ3v) is 5.49. The topological polar surface area (TPSA) is 25.2 Å². The largest absolute Gasteiger partial charge is 0.469 e. The van der Waals surface area contributed by atoms with Gasteiger partial charge in [-0.15, -0.1) is 11.3 Å². The molecule has 0 aliphatic heterocycles. The molecule has 0 bridgehead atoms. The van der Waals surface area contributed by atoms with Crippen LogP contribution in [0.5, 0.6) is 0 Å². The summed E-state index contributed by atoms with van der Waals surface area (Å²) in [5.41, 5.74) is 1.97. The van der Waals surface area contributed by atoms with Gasteiger partial charge < -0.3 is 9.73 Å². The van der Waals surface area contributed by atoms with Crippen molar-refractivity contribution < 1.29 is 8.81 Å². The molecule has 2 aromatic heterocycles. The maximum Gasteiger partial charge on any atom is 0.131 e. The van der Waals surface area contributed by atoms with Crippen LogP contribution in [-0.2, 0) is 13.0 Å². The van der Waals surface area contributed by atoms with Crippen LogP contribution in [0.3, 0.4) is 0 Å². The van der Waals surface area contributed by atoms with Crippen molar-refractivity contribution in [3.63, 3.8) is 0 Å². The maximum absolute atomic E-state index is 13.9. The number of hydrogen-bond acceptors (Lipinski definition) is 3. The molecule has 1 aromatic carbocycles. The molecule has 1 unspecified atom stereocenters. The fraction of sp³-hybridized carbons (Fsp3) is 0.263. The van der Waals surface area contributed by atoms with E-state index in [2.05, 4.69) is 17.4 Å². The average molecular weight is 327 g/mol. The van der Waals surface area contributed by atoms with E-state index < -0.39 is 0 Å². The van der Waals surface area contributed by atoms with Crippen molar-refractivity contribution in [2.24, 2.45) is 0 Å². The van der Waals surface area contributed by atoms with Gasteiger partial charge in [-0.05, 0) is 37.1 Å². The third kappa shape index (κ3) is 2.96. The van der Waals surface area contributed by atoms with Crippen LogP contribution in [0.25, 0.3) is 10.4 Å². The summed E-state index contributed by atoms with van der Waals surface area (Å²) in [6, 6.07) is 13.5. The second kappa shape index (κ2) is 6.30. The van der Waals surface area contributed by atoms with Gasteiger partial charge in [-0.1, -0.05) is 18.2 Å². The van der Waals surface area contributed by atoms with Gasteiger partial charge >= 0.3 is 0 Å². The normalized spacial score (nSPS) is 17.2. The summed E-state index contributed by atoms with van der Waals surface area (Å²) in [6.45, 7) is 0.800. The van der Waals surface area contributed by atoms with Gasteiger partial charge in [0.25, 0.3) is 0 Å². The highest BCUT2D eigenvalue weighted by Crippen LogP contribution is 2.33. The minimum atomic E-state index is -0.163. The van der Waals surface area contributed by atoms with E-state index in [9.17, 15) is 4.39 Å². The first-order valence-corrected chi connectivity index (χ1v) is 8.76. The highest BCUT2D eigenvalue weighted by molar-refractivity contribution is 7.15. The minimum absolute atomic E-state index is 0.163. The first-order chi connectivity index (χ1) is 11.3. The second-order valence-electron chi connectivity index (χ2n) is 5.87. The molecule has 2 heterocycles. The van der Waals surface area contributed by atoms with Crippen molar-refractivity contribution in [2.75, 3.05) is 0 Å². The molecule has 1 atom stereocenters. The molecule has 1 N–H and O–H groups in total. The van der Waals surface area contributed by atoms with Crippen LogP contribution in [-0.4, -0.2) is 0 Å². The number of halogens is 1. The number of thiophene rings is 1. The van der Waals surface area contributed by atoms with Crippen LogP contribution in [0.15, 0.2) is 53.1 Å². The van der Waals surface area contributed by atoms with Gasteiger partial charge in [0.05, 0.1) is 6.26 Å². The summed E-state index contributed by atoms with van der Waals surface area (Å²) in [6.07, 6.45) is 5.12. The molecule has 0 amide bonds. The summed E-state index contributed by atoms with van der Waals surface area (Å²) >= 11 is 1.65. The number of aryl methyl sites for hydroxylation is 1. The van der Waals surface area contributed by atoms with E-state index in [1.165, 1.54) is 16.5 Å². The number of nitrogens with one attached hydrogen (secondary N) is 1. The molecule has 4 rings (SSSR count). The lowest BCUT2D eigenvalue weighted by Crippen LogP contribution is -2.23. The maximum atomic E-state index is 13.9. The fourth-order valence-corrected chi connectivity index (χ4v) is 4.19. The van der Waals surface area contributed by atoms with E-state index in [1.54, 1.807) is 23.7 Å². The first-order valence-electron chi connectivity index (χ1n) is 7.94. The molecule has 0 saturated carbocycles. The van der Waals surface area contributed by atoms with Crippen molar-refractivity contribution in [1.82, 2.24) is 5.32 Å².